The number of nitrogens with one attached hydrogen (secondary N) is 3. The Hall–Kier alpha value is -3.08. The molecular weight excluding hydrogens is 479 g/mol. The minimum atomic E-state index is -1.30. The first kappa shape index (κ1) is 24.1. The summed E-state index contributed by atoms with van der Waals surface area (Å²) in [5, 5.41) is 29.1. The molecule has 0 radical (unpaired) electrons. The van der Waals surface area contributed by atoms with Gasteiger partial charge in [-0.25, -0.2) is 14.5 Å². The summed E-state index contributed by atoms with van der Waals surface area (Å²) >= 11 is 12.4. The molecule has 0 aromatic carbocycles. The molecule has 4 N–H and O–H groups in total. The van der Waals surface area contributed by atoms with Crippen LogP contribution in [0.3, 0.4) is 0 Å². The number of carbonyl (C=O) groups excluding carboxylic acids is 1. The van der Waals surface area contributed by atoms with Gasteiger partial charge in [0.1, 0.15) is 11.3 Å². The molecule has 0 saturated carbocycles. The van der Waals surface area contributed by atoms with Crippen LogP contribution < -0.4 is 10.7 Å². The van der Waals surface area contributed by atoms with Crippen molar-refractivity contribution in [3.63, 3.8) is 0 Å². The number of hydrazone groups is 1. The second-order valence-electron chi connectivity index (χ2n) is 9.30. The molecule has 0 bridgehead atoms. The van der Waals surface area contributed by atoms with E-state index in [4.69, 9.17) is 28.6 Å². The zero-order valence-electron chi connectivity index (χ0n) is 19.0. The van der Waals surface area contributed by atoms with Gasteiger partial charge in [-0.2, -0.15) is 10.2 Å². The summed E-state index contributed by atoms with van der Waals surface area (Å²) in [6.45, 7) is 7.14. The molecule has 0 saturated heterocycles. The van der Waals surface area contributed by atoms with Gasteiger partial charge in [0.25, 0.3) is 0 Å². The third-order valence-electron chi connectivity index (χ3n) is 5.68. The van der Waals surface area contributed by atoms with E-state index in [1.807, 2.05) is 0 Å². The van der Waals surface area contributed by atoms with Crippen LogP contribution in [0.1, 0.15) is 51.3 Å². The lowest BCUT2D eigenvalue weighted by Crippen LogP contribution is -2.32. The van der Waals surface area contributed by atoms with Crippen LogP contribution in [0.4, 0.5) is 11.5 Å². The molecule has 34 heavy (non-hydrogen) atoms. The topological polar surface area (TPSA) is 141 Å². The molecule has 3 aromatic heterocycles. The fourth-order valence-corrected chi connectivity index (χ4v) is 4.46. The molecule has 0 aliphatic heterocycles. The number of rotatable bonds is 6. The van der Waals surface area contributed by atoms with Crippen LogP contribution >= 0.6 is 23.2 Å². The SMILES string of the molecule is CC(C)(O)/C(C=N)=N/Nc1ncc(NC(=O)[C@H]2CC(C)(C)c3c2cnc2cc(Cl)nn32)cc1Cl. The summed E-state index contributed by atoms with van der Waals surface area (Å²) in [6, 6.07) is 3.24. The summed E-state index contributed by atoms with van der Waals surface area (Å²) in [4.78, 5) is 21.8. The third-order valence-corrected chi connectivity index (χ3v) is 6.16. The fourth-order valence-electron chi connectivity index (χ4n) is 4.08. The highest BCUT2D eigenvalue weighted by Gasteiger charge is 2.43. The summed E-state index contributed by atoms with van der Waals surface area (Å²) < 4.78 is 1.71. The first-order chi connectivity index (χ1) is 15.9. The van der Waals surface area contributed by atoms with E-state index in [9.17, 15) is 9.90 Å². The van der Waals surface area contributed by atoms with Crippen molar-refractivity contribution in [1.29, 1.82) is 5.41 Å². The number of aromatic nitrogens is 4. The maximum Gasteiger partial charge on any atom is 0.232 e. The van der Waals surface area contributed by atoms with Gasteiger partial charge in [-0.05, 0) is 26.3 Å². The van der Waals surface area contributed by atoms with Gasteiger partial charge in [0.15, 0.2) is 16.6 Å². The zero-order chi connectivity index (χ0) is 24.8. The Morgan fingerprint density at radius 2 is 2.06 bits per heavy atom. The van der Waals surface area contributed by atoms with Crippen LogP contribution in [0.2, 0.25) is 10.2 Å². The molecule has 0 fully saturated rings. The average Bonchev–Trinajstić information content (AvgIpc) is 3.24. The van der Waals surface area contributed by atoms with Crippen molar-refractivity contribution >= 4 is 58.2 Å². The highest BCUT2D eigenvalue weighted by Crippen LogP contribution is 2.46. The molecule has 0 spiro atoms. The van der Waals surface area contributed by atoms with Crippen molar-refractivity contribution in [3.8, 4) is 0 Å². The van der Waals surface area contributed by atoms with E-state index in [1.54, 1.807) is 22.8 Å². The number of halogens is 2. The number of hydrogen-bond acceptors (Lipinski definition) is 8. The predicted molar refractivity (Wildman–Crippen MR) is 132 cm³/mol. The second kappa shape index (κ2) is 8.61. The molecule has 1 atom stereocenters. The Morgan fingerprint density at radius 3 is 2.71 bits per heavy atom. The second-order valence-corrected chi connectivity index (χ2v) is 10.1. The van der Waals surface area contributed by atoms with E-state index in [0.29, 0.717) is 22.9 Å². The number of hydrogen-bond donors (Lipinski definition) is 4. The van der Waals surface area contributed by atoms with Crippen LogP contribution in [0, 0.1) is 5.41 Å². The Kier molecular flexibility index (Phi) is 6.09. The molecule has 12 heteroatoms. The molecule has 10 nitrogen and oxygen atoms in total. The number of fused-ring (bicyclic) bond motifs is 3. The predicted octanol–water partition coefficient (Wildman–Crippen LogP) is 4.02. The summed E-state index contributed by atoms with van der Waals surface area (Å²) in [6.07, 6.45) is 4.68. The maximum absolute atomic E-state index is 13.2. The molecule has 3 aromatic rings. The van der Waals surface area contributed by atoms with Gasteiger partial charge >= 0.3 is 0 Å². The van der Waals surface area contributed by atoms with Crippen molar-refractivity contribution in [1.82, 2.24) is 19.6 Å². The van der Waals surface area contributed by atoms with E-state index in [1.165, 1.54) is 20.0 Å². The van der Waals surface area contributed by atoms with Crippen molar-refractivity contribution in [3.05, 3.63) is 46.0 Å². The van der Waals surface area contributed by atoms with Crippen molar-refractivity contribution in [2.24, 2.45) is 5.10 Å². The summed E-state index contributed by atoms with van der Waals surface area (Å²) in [5.74, 6) is -0.429. The van der Waals surface area contributed by atoms with E-state index in [2.05, 4.69) is 44.8 Å². The number of amides is 1. The number of aliphatic hydroxyl groups is 1. The lowest BCUT2D eigenvalue weighted by molar-refractivity contribution is -0.117. The largest absolute Gasteiger partial charge is 0.384 e. The molecule has 4 rings (SSSR count). The number of nitrogens with zero attached hydrogens (tertiary/aromatic N) is 5. The Morgan fingerprint density at radius 1 is 1.32 bits per heavy atom. The Balaban J connectivity index is 1.55. The fraction of sp³-hybridized carbons (Fsp3) is 0.364. The van der Waals surface area contributed by atoms with Crippen LogP contribution in [0.15, 0.2) is 29.6 Å². The Labute approximate surface area is 205 Å². The summed E-state index contributed by atoms with van der Waals surface area (Å²) in [5.41, 5.74) is 3.88. The van der Waals surface area contributed by atoms with Gasteiger partial charge < -0.3 is 15.8 Å². The van der Waals surface area contributed by atoms with Crippen molar-refractivity contribution < 1.29 is 9.90 Å². The number of anilines is 2. The molecule has 3 heterocycles. The molecule has 1 aliphatic carbocycles. The molecule has 1 aliphatic rings. The molecular formula is C22H24Cl2N8O2. The van der Waals surface area contributed by atoms with Gasteiger partial charge in [0.05, 0.1) is 28.5 Å². The molecule has 0 unspecified atom stereocenters. The minimum absolute atomic E-state index is 0.103. The number of pyridine rings is 1. The highest BCUT2D eigenvalue weighted by molar-refractivity contribution is 6.34. The van der Waals surface area contributed by atoms with Crippen molar-refractivity contribution in [2.45, 2.75) is 51.0 Å². The van der Waals surface area contributed by atoms with Gasteiger partial charge in [-0.1, -0.05) is 37.0 Å². The summed E-state index contributed by atoms with van der Waals surface area (Å²) in [7, 11) is 0. The van der Waals surface area contributed by atoms with Crippen LogP contribution in [-0.2, 0) is 10.2 Å². The van der Waals surface area contributed by atoms with Gasteiger partial charge in [-0.15, -0.1) is 0 Å². The highest BCUT2D eigenvalue weighted by atomic mass is 35.5. The smallest absolute Gasteiger partial charge is 0.232 e. The van der Waals surface area contributed by atoms with E-state index >= 15 is 0 Å². The van der Waals surface area contributed by atoms with Gasteiger partial charge in [0, 0.05) is 29.5 Å². The van der Waals surface area contributed by atoms with E-state index in [0.717, 1.165) is 17.5 Å². The monoisotopic (exact) mass is 502 g/mol. The van der Waals surface area contributed by atoms with Crippen LogP contribution in [0.5, 0.6) is 0 Å². The standard InChI is InChI=1S/C22H24Cl2N8O2/c1-21(2)7-12(13-10-26-17-6-16(24)31-32(17)18(13)21)20(33)28-11-5-14(23)19(27-9-11)30-29-15(8-25)22(3,4)34/h5-6,8-10,12,25,34H,7H2,1-4H3,(H,27,30)(H,28,33)/b25-8?,29-15+/t12-/m0/s1. The zero-order valence-corrected chi connectivity index (χ0v) is 20.5. The van der Waals surface area contributed by atoms with Crippen LogP contribution in [0.25, 0.3) is 5.65 Å². The normalized spacial score (nSPS) is 17.5. The van der Waals surface area contributed by atoms with Gasteiger partial charge in [-0.3, -0.25) is 10.2 Å². The van der Waals surface area contributed by atoms with E-state index < -0.39 is 11.5 Å². The van der Waals surface area contributed by atoms with E-state index in [-0.39, 0.29) is 27.9 Å². The van der Waals surface area contributed by atoms with Crippen LogP contribution in [-0.4, -0.2) is 48.1 Å². The molecule has 178 valence electrons. The first-order valence-electron chi connectivity index (χ1n) is 10.5. The maximum atomic E-state index is 13.2. The average molecular weight is 503 g/mol. The minimum Gasteiger partial charge on any atom is -0.384 e. The third kappa shape index (κ3) is 4.48. The molecule has 1 amide bonds. The first-order valence-corrected chi connectivity index (χ1v) is 11.2. The van der Waals surface area contributed by atoms with Gasteiger partial charge in [0.2, 0.25) is 5.91 Å². The lowest BCUT2D eigenvalue weighted by atomic mass is 9.88. The Bertz CT molecular complexity index is 1330. The quantitative estimate of drug-likeness (QED) is 0.296. The van der Waals surface area contributed by atoms with Crippen molar-refractivity contribution in [2.75, 3.05) is 10.7 Å². The number of carbonyl (C=O) groups is 1. The lowest BCUT2D eigenvalue weighted by Gasteiger charge is -2.19.